The Bertz CT molecular complexity index is 714. The Morgan fingerprint density at radius 1 is 0.950 bits per heavy atom. The number of aliphatic hydroxyl groups excluding tert-OH is 1. The van der Waals surface area contributed by atoms with Gasteiger partial charge in [-0.05, 0) is 41.0 Å². The van der Waals surface area contributed by atoms with Gasteiger partial charge in [0.2, 0.25) is 0 Å². The van der Waals surface area contributed by atoms with Crippen molar-refractivity contribution in [2.24, 2.45) is 0 Å². The molecule has 1 aromatic heterocycles. The standard InChI is InChI=1S/C18H18OS/c1-2-16-9-10-17(20-16)12-18(19)15-8-7-13-5-3-4-6-14(13)11-15/h3-11,18-19H,2,12H2,1H3. The van der Waals surface area contributed by atoms with Gasteiger partial charge in [-0.15, -0.1) is 11.3 Å². The highest BCUT2D eigenvalue weighted by atomic mass is 32.1. The van der Waals surface area contributed by atoms with Crippen LogP contribution in [-0.4, -0.2) is 5.11 Å². The summed E-state index contributed by atoms with van der Waals surface area (Å²) in [5.41, 5.74) is 0.996. The fraction of sp³-hybridized carbons (Fsp3) is 0.222. The van der Waals surface area contributed by atoms with Crippen LogP contribution in [0.3, 0.4) is 0 Å². The minimum Gasteiger partial charge on any atom is -0.388 e. The Labute approximate surface area is 123 Å². The molecule has 0 fully saturated rings. The largest absolute Gasteiger partial charge is 0.388 e. The van der Waals surface area contributed by atoms with E-state index in [-0.39, 0.29) is 0 Å². The normalized spacial score (nSPS) is 12.7. The van der Waals surface area contributed by atoms with Gasteiger partial charge in [0, 0.05) is 16.2 Å². The number of hydrogen-bond donors (Lipinski definition) is 1. The zero-order valence-corrected chi connectivity index (χ0v) is 12.4. The average molecular weight is 282 g/mol. The van der Waals surface area contributed by atoms with Gasteiger partial charge in [0.1, 0.15) is 0 Å². The predicted octanol–water partition coefficient (Wildman–Crippen LogP) is 4.74. The summed E-state index contributed by atoms with van der Waals surface area (Å²) in [6.45, 7) is 2.16. The van der Waals surface area contributed by atoms with Crippen LogP contribution in [0.1, 0.15) is 28.3 Å². The van der Waals surface area contributed by atoms with Gasteiger partial charge in [-0.2, -0.15) is 0 Å². The summed E-state index contributed by atoms with van der Waals surface area (Å²) in [6, 6.07) is 18.8. The molecule has 1 N–H and O–H groups in total. The second-order valence-electron chi connectivity index (χ2n) is 5.05. The number of fused-ring (bicyclic) bond motifs is 1. The Morgan fingerprint density at radius 3 is 2.45 bits per heavy atom. The number of thiophene rings is 1. The molecule has 3 aromatic rings. The van der Waals surface area contributed by atoms with E-state index in [9.17, 15) is 5.11 Å². The van der Waals surface area contributed by atoms with E-state index >= 15 is 0 Å². The van der Waals surface area contributed by atoms with E-state index in [1.807, 2.05) is 18.2 Å². The lowest BCUT2D eigenvalue weighted by Gasteiger charge is -2.11. The van der Waals surface area contributed by atoms with Gasteiger partial charge in [-0.25, -0.2) is 0 Å². The van der Waals surface area contributed by atoms with Crippen molar-refractivity contribution in [2.75, 3.05) is 0 Å². The maximum absolute atomic E-state index is 10.4. The highest BCUT2D eigenvalue weighted by Gasteiger charge is 2.10. The minimum absolute atomic E-state index is 0.428. The summed E-state index contributed by atoms with van der Waals surface area (Å²) in [5, 5.41) is 12.8. The number of benzene rings is 2. The molecular weight excluding hydrogens is 264 g/mol. The molecule has 20 heavy (non-hydrogen) atoms. The summed E-state index contributed by atoms with van der Waals surface area (Å²) in [5.74, 6) is 0. The van der Waals surface area contributed by atoms with Crippen molar-refractivity contribution in [3.63, 3.8) is 0 Å². The molecule has 0 aliphatic carbocycles. The van der Waals surface area contributed by atoms with E-state index in [4.69, 9.17) is 0 Å². The second-order valence-corrected chi connectivity index (χ2v) is 6.30. The maximum Gasteiger partial charge on any atom is 0.0838 e. The molecule has 0 amide bonds. The topological polar surface area (TPSA) is 20.2 Å². The first-order valence-electron chi connectivity index (χ1n) is 7.00. The van der Waals surface area contributed by atoms with Gasteiger partial charge < -0.3 is 5.11 Å². The highest BCUT2D eigenvalue weighted by Crippen LogP contribution is 2.26. The lowest BCUT2D eigenvalue weighted by molar-refractivity contribution is 0.179. The number of rotatable bonds is 4. The molecule has 1 atom stereocenters. The lowest BCUT2D eigenvalue weighted by Crippen LogP contribution is -2.00. The molecule has 3 rings (SSSR count). The van der Waals surface area contributed by atoms with Crippen molar-refractivity contribution in [3.05, 3.63) is 69.9 Å². The molecule has 1 unspecified atom stereocenters. The fourth-order valence-corrected chi connectivity index (χ4v) is 3.44. The third kappa shape index (κ3) is 2.77. The van der Waals surface area contributed by atoms with Crippen LogP contribution in [0.4, 0.5) is 0 Å². The van der Waals surface area contributed by atoms with Crippen LogP contribution in [0.15, 0.2) is 54.6 Å². The van der Waals surface area contributed by atoms with Gasteiger partial charge in [0.05, 0.1) is 6.10 Å². The Balaban J connectivity index is 1.82. The van der Waals surface area contributed by atoms with Crippen LogP contribution in [0, 0.1) is 0 Å². The van der Waals surface area contributed by atoms with E-state index in [1.54, 1.807) is 11.3 Å². The monoisotopic (exact) mass is 282 g/mol. The van der Waals surface area contributed by atoms with E-state index in [0.717, 1.165) is 12.0 Å². The number of hydrogen-bond acceptors (Lipinski definition) is 2. The number of aryl methyl sites for hydroxylation is 1. The summed E-state index contributed by atoms with van der Waals surface area (Å²) < 4.78 is 0. The van der Waals surface area contributed by atoms with Crippen LogP contribution in [0.2, 0.25) is 0 Å². The van der Waals surface area contributed by atoms with Crippen molar-refractivity contribution in [1.82, 2.24) is 0 Å². The molecule has 1 heterocycles. The Hall–Kier alpha value is -1.64. The van der Waals surface area contributed by atoms with Crippen LogP contribution in [0.5, 0.6) is 0 Å². The number of aliphatic hydroxyl groups is 1. The molecule has 1 nitrogen and oxygen atoms in total. The van der Waals surface area contributed by atoms with E-state index in [0.29, 0.717) is 6.42 Å². The zero-order valence-electron chi connectivity index (χ0n) is 11.5. The molecule has 2 heteroatoms. The lowest BCUT2D eigenvalue weighted by atomic mass is 10.0. The first kappa shape index (κ1) is 13.3. The second kappa shape index (κ2) is 5.78. The fourth-order valence-electron chi connectivity index (χ4n) is 2.45. The smallest absolute Gasteiger partial charge is 0.0838 e. The molecule has 0 spiro atoms. The van der Waals surface area contributed by atoms with Gasteiger partial charge in [-0.3, -0.25) is 0 Å². The van der Waals surface area contributed by atoms with Crippen LogP contribution in [0.25, 0.3) is 10.8 Å². The molecule has 0 saturated heterocycles. The quantitative estimate of drug-likeness (QED) is 0.733. The average Bonchev–Trinajstić information content (AvgIpc) is 2.94. The summed E-state index contributed by atoms with van der Waals surface area (Å²) in [4.78, 5) is 2.63. The van der Waals surface area contributed by atoms with Gasteiger partial charge in [-0.1, -0.05) is 43.3 Å². The van der Waals surface area contributed by atoms with E-state index in [1.165, 1.54) is 20.5 Å². The summed E-state index contributed by atoms with van der Waals surface area (Å²) in [6.07, 6.45) is 1.34. The molecule has 0 aliphatic heterocycles. The van der Waals surface area contributed by atoms with Crippen LogP contribution < -0.4 is 0 Å². The van der Waals surface area contributed by atoms with Gasteiger partial charge >= 0.3 is 0 Å². The molecule has 0 bridgehead atoms. The first-order chi connectivity index (χ1) is 9.76. The molecular formula is C18H18OS. The third-order valence-electron chi connectivity index (χ3n) is 3.62. The minimum atomic E-state index is -0.428. The van der Waals surface area contributed by atoms with E-state index < -0.39 is 6.10 Å². The third-order valence-corrected chi connectivity index (χ3v) is 4.87. The van der Waals surface area contributed by atoms with Crippen molar-refractivity contribution in [3.8, 4) is 0 Å². The highest BCUT2D eigenvalue weighted by molar-refractivity contribution is 7.11. The molecule has 0 saturated carbocycles. The van der Waals surface area contributed by atoms with Crippen molar-refractivity contribution >= 4 is 22.1 Å². The first-order valence-corrected chi connectivity index (χ1v) is 7.82. The van der Waals surface area contributed by atoms with Crippen molar-refractivity contribution in [1.29, 1.82) is 0 Å². The van der Waals surface area contributed by atoms with E-state index in [2.05, 4.69) is 43.3 Å². The Kier molecular flexibility index (Phi) is 3.86. The molecule has 0 radical (unpaired) electrons. The molecule has 0 aliphatic rings. The predicted molar refractivity (Wildman–Crippen MR) is 86.3 cm³/mol. The summed E-state index contributed by atoms with van der Waals surface area (Å²) in [7, 11) is 0. The van der Waals surface area contributed by atoms with Crippen molar-refractivity contribution in [2.45, 2.75) is 25.9 Å². The molecule has 102 valence electrons. The SMILES string of the molecule is CCc1ccc(CC(O)c2ccc3ccccc3c2)s1. The van der Waals surface area contributed by atoms with Crippen LogP contribution >= 0.6 is 11.3 Å². The Morgan fingerprint density at radius 2 is 1.70 bits per heavy atom. The molecule has 2 aromatic carbocycles. The van der Waals surface area contributed by atoms with Gasteiger partial charge in [0.25, 0.3) is 0 Å². The van der Waals surface area contributed by atoms with Gasteiger partial charge in [0.15, 0.2) is 0 Å². The van der Waals surface area contributed by atoms with Crippen LogP contribution in [-0.2, 0) is 12.8 Å². The zero-order chi connectivity index (χ0) is 13.9. The van der Waals surface area contributed by atoms with Crippen molar-refractivity contribution < 1.29 is 5.11 Å². The maximum atomic E-state index is 10.4. The summed E-state index contributed by atoms with van der Waals surface area (Å²) >= 11 is 1.80.